The van der Waals surface area contributed by atoms with E-state index < -0.39 is 23.5 Å². The van der Waals surface area contributed by atoms with Gasteiger partial charge in [0.1, 0.15) is 11.6 Å². The second-order valence-corrected chi connectivity index (χ2v) is 7.86. The molecular weight excluding hydrogens is 402 g/mol. The minimum atomic E-state index is -3.39. The van der Waals surface area contributed by atoms with Crippen molar-refractivity contribution < 1.29 is 27.2 Å². The summed E-state index contributed by atoms with van der Waals surface area (Å²) >= 11 is 0. The van der Waals surface area contributed by atoms with Crippen LogP contribution in [0.5, 0.6) is 0 Å². The van der Waals surface area contributed by atoms with E-state index in [0.717, 1.165) is 28.7 Å². The predicted octanol–water partition coefficient (Wildman–Crippen LogP) is 3.80. The summed E-state index contributed by atoms with van der Waals surface area (Å²) in [5.74, 6) is -5.56. The Bertz CT molecular complexity index is 820. The van der Waals surface area contributed by atoms with E-state index in [4.69, 9.17) is 0 Å². The smallest absolute Gasteiger partial charge is 0.322 e. The van der Waals surface area contributed by atoms with E-state index in [0.29, 0.717) is 45.7 Å². The van der Waals surface area contributed by atoms with Gasteiger partial charge >= 0.3 is 12.0 Å². The van der Waals surface area contributed by atoms with Crippen LogP contribution in [0.25, 0.3) is 6.08 Å². The highest BCUT2D eigenvalue weighted by atomic mass is 19.3. The van der Waals surface area contributed by atoms with Gasteiger partial charge in [-0.1, -0.05) is 11.6 Å². The molecule has 3 rings (SSSR count). The molecule has 5 nitrogen and oxygen atoms in total. The summed E-state index contributed by atoms with van der Waals surface area (Å²) in [4.78, 5) is 26.9. The van der Waals surface area contributed by atoms with Gasteiger partial charge in [0, 0.05) is 44.7 Å². The van der Waals surface area contributed by atoms with Gasteiger partial charge in [0.2, 0.25) is 0 Å². The lowest BCUT2D eigenvalue weighted by atomic mass is 10.0. The summed E-state index contributed by atoms with van der Waals surface area (Å²) in [6.07, 6.45) is 3.59. The Morgan fingerprint density at radius 3 is 2.30 bits per heavy atom. The van der Waals surface area contributed by atoms with Crippen LogP contribution < -0.4 is 5.32 Å². The van der Waals surface area contributed by atoms with Crippen LogP contribution in [-0.2, 0) is 4.79 Å². The van der Waals surface area contributed by atoms with Crippen LogP contribution in [0.2, 0.25) is 0 Å². The molecule has 0 saturated carbocycles. The number of hydrogen-bond donors (Lipinski definition) is 1. The summed E-state index contributed by atoms with van der Waals surface area (Å²) < 4.78 is 53.4. The van der Waals surface area contributed by atoms with Crippen LogP contribution >= 0.6 is 0 Å². The highest BCUT2D eigenvalue weighted by Gasteiger charge is 2.38. The zero-order valence-corrected chi connectivity index (χ0v) is 16.8. The number of nitrogens with zero attached hydrogens (tertiary/aromatic N) is 2. The molecule has 30 heavy (non-hydrogen) atoms. The first kappa shape index (κ1) is 22.1. The molecule has 2 fully saturated rings. The van der Waals surface area contributed by atoms with Gasteiger partial charge in [0.15, 0.2) is 0 Å². The van der Waals surface area contributed by atoms with E-state index in [2.05, 4.69) is 5.32 Å². The molecule has 2 aliphatic heterocycles. The van der Waals surface area contributed by atoms with Crippen LogP contribution in [0.15, 0.2) is 23.8 Å². The molecule has 0 bridgehead atoms. The number of nitrogens with one attached hydrogen (secondary N) is 1. The normalized spacial score (nSPS) is 18.4. The molecule has 0 aromatic heterocycles. The third-order valence-electron chi connectivity index (χ3n) is 5.50. The van der Waals surface area contributed by atoms with Gasteiger partial charge in [-0.3, -0.25) is 4.79 Å². The van der Waals surface area contributed by atoms with E-state index in [1.54, 1.807) is 11.0 Å². The van der Waals surface area contributed by atoms with Crippen molar-refractivity contribution in [2.75, 3.05) is 26.2 Å². The number of carbonyl (C=O) groups excluding carboxylic acids is 2. The first-order valence-electron chi connectivity index (χ1n) is 10.0. The topological polar surface area (TPSA) is 52.7 Å². The van der Waals surface area contributed by atoms with Crippen molar-refractivity contribution in [1.82, 2.24) is 15.1 Å². The summed E-state index contributed by atoms with van der Waals surface area (Å²) in [6, 6.07) is 2.89. The fourth-order valence-corrected chi connectivity index (χ4v) is 3.76. The Morgan fingerprint density at radius 1 is 1.07 bits per heavy atom. The fourth-order valence-electron chi connectivity index (χ4n) is 3.76. The van der Waals surface area contributed by atoms with E-state index in [1.807, 2.05) is 0 Å². The van der Waals surface area contributed by atoms with E-state index in [-0.39, 0.29) is 30.7 Å². The number of carbonyl (C=O) groups is 2. The van der Waals surface area contributed by atoms with E-state index >= 15 is 0 Å². The SMILES string of the molecule is CC(F)(F)C(=O)N1CCC(NC(=O)N2CCC(=Cc3cc(F)ccc3F)CC2)CC1. The van der Waals surface area contributed by atoms with Crippen LogP contribution in [0.3, 0.4) is 0 Å². The molecule has 0 unspecified atom stereocenters. The first-order chi connectivity index (χ1) is 14.1. The lowest BCUT2D eigenvalue weighted by Gasteiger charge is -2.35. The van der Waals surface area contributed by atoms with E-state index in [1.165, 1.54) is 0 Å². The Kier molecular flexibility index (Phi) is 6.67. The molecule has 164 valence electrons. The Morgan fingerprint density at radius 2 is 1.70 bits per heavy atom. The van der Waals surface area contributed by atoms with Crippen molar-refractivity contribution >= 4 is 18.0 Å². The molecule has 0 spiro atoms. The largest absolute Gasteiger partial charge is 0.337 e. The number of alkyl halides is 2. The number of urea groups is 1. The molecule has 3 amide bonds. The second kappa shape index (κ2) is 9.06. The molecule has 1 aromatic rings. The maximum absolute atomic E-state index is 13.8. The molecule has 0 aliphatic carbocycles. The number of likely N-dealkylation sites (tertiary alicyclic amines) is 2. The molecular formula is C21H25F4N3O2. The maximum atomic E-state index is 13.8. The molecule has 1 N–H and O–H groups in total. The molecule has 0 atom stereocenters. The number of piperidine rings is 2. The second-order valence-electron chi connectivity index (χ2n) is 7.86. The third-order valence-corrected chi connectivity index (χ3v) is 5.50. The zero-order chi connectivity index (χ0) is 21.9. The summed E-state index contributed by atoms with van der Waals surface area (Å²) in [7, 11) is 0. The lowest BCUT2D eigenvalue weighted by Crippen LogP contribution is -2.53. The van der Waals surface area contributed by atoms with Gasteiger partial charge in [-0.15, -0.1) is 0 Å². The lowest BCUT2D eigenvalue weighted by molar-refractivity contribution is -0.156. The minimum absolute atomic E-state index is 0.176. The highest BCUT2D eigenvalue weighted by Crippen LogP contribution is 2.23. The van der Waals surface area contributed by atoms with Crippen molar-refractivity contribution in [3.05, 3.63) is 41.0 Å². The summed E-state index contributed by atoms with van der Waals surface area (Å²) in [5.41, 5.74) is 1.14. The van der Waals surface area contributed by atoms with Crippen molar-refractivity contribution in [2.24, 2.45) is 0 Å². The molecule has 2 saturated heterocycles. The zero-order valence-electron chi connectivity index (χ0n) is 16.8. The van der Waals surface area contributed by atoms with Gasteiger partial charge < -0.3 is 15.1 Å². The number of amides is 3. The van der Waals surface area contributed by atoms with Crippen molar-refractivity contribution in [1.29, 1.82) is 0 Å². The van der Waals surface area contributed by atoms with Crippen LogP contribution in [-0.4, -0.2) is 59.9 Å². The third kappa shape index (κ3) is 5.52. The molecule has 1 aromatic carbocycles. The molecule has 0 radical (unpaired) electrons. The van der Waals surface area contributed by atoms with Gasteiger partial charge in [0.25, 0.3) is 5.91 Å². The Hall–Kier alpha value is -2.58. The Labute approximate surface area is 172 Å². The molecule has 2 heterocycles. The average molecular weight is 427 g/mol. The van der Waals surface area contributed by atoms with Crippen molar-refractivity contribution in [3.63, 3.8) is 0 Å². The summed E-state index contributed by atoms with van der Waals surface area (Å²) in [5, 5.41) is 2.90. The minimum Gasteiger partial charge on any atom is -0.337 e. The Balaban J connectivity index is 1.47. The van der Waals surface area contributed by atoms with E-state index in [9.17, 15) is 27.2 Å². The van der Waals surface area contributed by atoms with Gasteiger partial charge in [-0.25, -0.2) is 13.6 Å². The van der Waals surface area contributed by atoms with Gasteiger partial charge in [-0.05, 0) is 43.9 Å². The first-order valence-corrected chi connectivity index (χ1v) is 10.0. The van der Waals surface area contributed by atoms with Crippen LogP contribution in [0.1, 0.15) is 38.2 Å². The average Bonchev–Trinajstić information content (AvgIpc) is 2.70. The molecule has 2 aliphatic rings. The molecule has 9 heteroatoms. The maximum Gasteiger partial charge on any atom is 0.322 e. The van der Waals surface area contributed by atoms with Crippen LogP contribution in [0, 0.1) is 11.6 Å². The number of rotatable bonds is 3. The summed E-state index contributed by atoms with van der Waals surface area (Å²) in [6.45, 7) is 1.85. The quantitative estimate of drug-likeness (QED) is 0.747. The standard InChI is InChI=1S/C21H25F4N3O2/c1-21(24,25)19(29)27-10-6-17(7-11-27)26-20(30)28-8-4-14(5-9-28)12-15-13-16(22)2-3-18(15)23/h2-3,12-13,17H,4-11H2,1H3,(H,26,30). The fraction of sp³-hybridized carbons (Fsp3) is 0.524. The number of hydrogen-bond acceptors (Lipinski definition) is 2. The highest BCUT2D eigenvalue weighted by molar-refractivity contribution is 5.83. The number of halogens is 4. The number of benzene rings is 1. The predicted molar refractivity (Wildman–Crippen MR) is 104 cm³/mol. The van der Waals surface area contributed by atoms with Crippen molar-refractivity contribution in [2.45, 2.75) is 44.6 Å². The van der Waals surface area contributed by atoms with Gasteiger partial charge in [-0.2, -0.15) is 8.78 Å². The van der Waals surface area contributed by atoms with Crippen molar-refractivity contribution in [3.8, 4) is 0 Å². The monoisotopic (exact) mass is 427 g/mol. The van der Waals surface area contributed by atoms with Gasteiger partial charge in [0.05, 0.1) is 0 Å². The van der Waals surface area contributed by atoms with Crippen LogP contribution in [0.4, 0.5) is 22.4 Å².